The normalized spacial score (nSPS) is 27.4. The zero-order valence-electron chi connectivity index (χ0n) is 13.6. The van der Waals surface area contributed by atoms with Crippen LogP contribution in [-0.2, 0) is 6.54 Å². The Bertz CT molecular complexity index is 499. The highest BCUT2D eigenvalue weighted by molar-refractivity contribution is 5.27. The Morgan fingerprint density at radius 1 is 1.23 bits per heavy atom. The number of benzene rings is 1. The number of halogens is 1. The van der Waals surface area contributed by atoms with Crippen molar-refractivity contribution in [3.05, 3.63) is 35.1 Å². The van der Waals surface area contributed by atoms with E-state index in [1.807, 2.05) is 6.07 Å². The van der Waals surface area contributed by atoms with E-state index in [0.29, 0.717) is 12.0 Å². The van der Waals surface area contributed by atoms with Crippen LogP contribution in [0.25, 0.3) is 0 Å². The number of hydrogen-bond acceptors (Lipinski definition) is 3. The molecule has 3 nitrogen and oxygen atoms in total. The summed E-state index contributed by atoms with van der Waals surface area (Å²) in [6, 6.07) is 6.16. The van der Waals surface area contributed by atoms with Crippen molar-refractivity contribution in [1.82, 2.24) is 9.80 Å². The molecule has 0 radical (unpaired) electrons. The molecule has 2 saturated heterocycles. The molecular formula is C18H28FN3. The maximum Gasteiger partial charge on any atom is 0.128 e. The van der Waals surface area contributed by atoms with Gasteiger partial charge in [0, 0.05) is 24.7 Å². The zero-order valence-corrected chi connectivity index (χ0v) is 13.6. The third kappa shape index (κ3) is 3.50. The van der Waals surface area contributed by atoms with Crippen LogP contribution in [0.2, 0.25) is 0 Å². The lowest BCUT2D eigenvalue weighted by Gasteiger charge is -2.27. The molecule has 0 saturated carbocycles. The summed E-state index contributed by atoms with van der Waals surface area (Å²) in [6.45, 7) is 4.68. The van der Waals surface area contributed by atoms with Gasteiger partial charge in [-0.05, 0) is 63.5 Å². The van der Waals surface area contributed by atoms with Crippen molar-refractivity contribution in [1.29, 1.82) is 0 Å². The number of nitrogens with two attached hydrogens (primary N) is 1. The van der Waals surface area contributed by atoms with E-state index in [1.54, 1.807) is 6.07 Å². The van der Waals surface area contributed by atoms with Gasteiger partial charge >= 0.3 is 0 Å². The Morgan fingerprint density at radius 2 is 2.00 bits per heavy atom. The fourth-order valence-corrected chi connectivity index (χ4v) is 3.92. The van der Waals surface area contributed by atoms with Crippen molar-refractivity contribution in [2.24, 2.45) is 11.7 Å². The first-order valence-electron chi connectivity index (χ1n) is 8.58. The minimum Gasteiger partial charge on any atom is -0.330 e. The lowest BCUT2D eigenvalue weighted by molar-refractivity contribution is 0.218. The maximum atomic E-state index is 14.5. The van der Waals surface area contributed by atoms with E-state index in [2.05, 4.69) is 22.9 Å². The molecule has 1 aromatic carbocycles. The molecule has 0 bridgehead atoms. The summed E-state index contributed by atoms with van der Waals surface area (Å²) < 4.78 is 14.5. The van der Waals surface area contributed by atoms with Gasteiger partial charge in [-0.2, -0.15) is 0 Å². The monoisotopic (exact) mass is 305 g/mol. The molecule has 2 unspecified atom stereocenters. The summed E-state index contributed by atoms with van der Waals surface area (Å²) in [7, 11) is 2.11. The van der Waals surface area contributed by atoms with E-state index < -0.39 is 0 Å². The Balaban J connectivity index is 1.69. The third-order valence-electron chi connectivity index (χ3n) is 5.27. The number of rotatable bonds is 4. The van der Waals surface area contributed by atoms with E-state index in [-0.39, 0.29) is 5.82 Å². The van der Waals surface area contributed by atoms with Crippen molar-refractivity contribution < 1.29 is 4.39 Å². The lowest BCUT2D eigenvalue weighted by atomic mass is 9.98. The van der Waals surface area contributed by atoms with Crippen LogP contribution in [0.15, 0.2) is 18.2 Å². The van der Waals surface area contributed by atoms with Gasteiger partial charge in [0.1, 0.15) is 5.82 Å². The fraction of sp³-hybridized carbons (Fsp3) is 0.667. The Morgan fingerprint density at radius 3 is 2.64 bits per heavy atom. The minimum absolute atomic E-state index is 0.0485. The second kappa shape index (κ2) is 7.07. The number of piperidine rings is 1. The van der Waals surface area contributed by atoms with Crippen molar-refractivity contribution >= 4 is 0 Å². The highest BCUT2D eigenvalue weighted by atomic mass is 19.1. The number of nitrogens with zero attached hydrogens (tertiary/aromatic N) is 2. The molecule has 2 heterocycles. The average molecular weight is 305 g/mol. The highest BCUT2D eigenvalue weighted by Gasteiger charge is 2.30. The molecule has 0 aromatic heterocycles. The van der Waals surface area contributed by atoms with Gasteiger partial charge in [0.05, 0.1) is 0 Å². The Kier molecular flexibility index (Phi) is 5.11. The molecule has 4 heteroatoms. The van der Waals surface area contributed by atoms with Gasteiger partial charge in [0.15, 0.2) is 0 Å². The van der Waals surface area contributed by atoms with Gasteiger partial charge in [-0.15, -0.1) is 0 Å². The first kappa shape index (κ1) is 15.9. The van der Waals surface area contributed by atoms with Crippen LogP contribution in [0.4, 0.5) is 4.39 Å². The molecule has 122 valence electrons. The Hall–Kier alpha value is -0.970. The van der Waals surface area contributed by atoms with Crippen LogP contribution in [0.1, 0.15) is 42.9 Å². The van der Waals surface area contributed by atoms with Crippen molar-refractivity contribution in [2.45, 2.75) is 38.3 Å². The molecule has 0 aliphatic carbocycles. The zero-order chi connectivity index (χ0) is 15.5. The second-order valence-corrected chi connectivity index (χ2v) is 6.98. The van der Waals surface area contributed by atoms with Crippen molar-refractivity contribution in [3.63, 3.8) is 0 Å². The molecule has 1 aromatic rings. The molecule has 2 aliphatic rings. The third-order valence-corrected chi connectivity index (χ3v) is 5.27. The summed E-state index contributed by atoms with van der Waals surface area (Å²) in [5, 5.41) is 0. The van der Waals surface area contributed by atoms with Gasteiger partial charge in [0.25, 0.3) is 0 Å². The number of likely N-dealkylation sites (tertiary alicyclic amines) is 2. The Labute approximate surface area is 133 Å². The van der Waals surface area contributed by atoms with Crippen LogP contribution in [0.3, 0.4) is 0 Å². The average Bonchev–Trinajstić information content (AvgIpc) is 2.91. The summed E-state index contributed by atoms with van der Waals surface area (Å²) >= 11 is 0. The fourth-order valence-electron chi connectivity index (χ4n) is 3.92. The van der Waals surface area contributed by atoms with E-state index in [1.165, 1.54) is 19.3 Å². The lowest BCUT2D eigenvalue weighted by Crippen LogP contribution is -2.29. The van der Waals surface area contributed by atoms with Gasteiger partial charge in [0.2, 0.25) is 0 Å². The van der Waals surface area contributed by atoms with Gasteiger partial charge < -0.3 is 5.73 Å². The van der Waals surface area contributed by atoms with Gasteiger partial charge in [-0.25, -0.2) is 4.39 Å². The first-order valence-corrected chi connectivity index (χ1v) is 8.58. The van der Waals surface area contributed by atoms with Crippen LogP contribution in [0.5, 0.6) is 0 Å². The molecule has 0 spiro atoms. The quantitative estimate of drug-likeness (QED) is 0.928. The number of hydrogen-bond donors (Lipinski definition) is 1. The second-order valence-electron chi connectivity index (χ2n) is 6.98. The standard InChI is InChI=1S/C18H28FN3/c1-21-12-14(11-20)9-18(21)15-5-6-16(17(19)10-15)13-22-7-3-2-4-8-22/h5-6,10,14,18H,2-4,7-9,11-13,20H2,1H3. The maximum absolute atomic E-state index is 14.5. The SMILES string of the molecule is CN1CC(CN)CC1c1ccc(CN2CCCCC2)c(F)c1. The molecule has 2 atom stereocenters. The molecule has 2 N–H and O–H groups in total. The predicted molar refractivity (Wildman–Crippen MR) is 88.1 cm³/mol. The first-order chi connectivity index (χ1) is 10.7. The van der Waals surface area contributed by atoms with Gasteiger partial charge in [-0.3, -0.25) is 9.80 Å². The van der Waals surface area contributed by atoms with Gasteiger partial charge in [-0.1, -0.05) is 18.6 Å². The minimum atomic E-state index is -0.0485. The van der Waals surface area contributed by atoms with Crippen LogP contribution in [0, 0.1) is 11.7 Å². The van der Waals surface area contributed by atoms with E-state index in [9.17, 15) is 4.39 Å². The van der Waals surface area contributed by atoms with E-state index in [0.717, 1.165) is 50.3 Å². The summed E-state index contributed by atoms with van der Waals surface area (Å²) in [4.78, 5) is 4.67. The topological polar surface area (TPSA) is 32.5 Å². The van der Waals surface area contributed by atoms with E-state index in [4.69, 9.17) is 5.73 Å². The molecular weight excluding hydrogens is 277 g/mol. The van der Waals surface area contributed by atoms with E-state index >= 15 is 0 Å². The van der Waals surface area contributed by atoms with Crippen LogP contribution in [-0.4, -0.2) is 43.0 Å². The van der Waals surface area contributed by atoms with Crippen molar-refractivity contribution in [3.8, 4) is 0 Å². The molecule has 22 heavy (non-hydrogen) atoms. The largest absolute Gasteiger partial charge is 0.330 e. The molecule has 0 amide bonds. The summed E-state index contributed by atoms with van der Waals surface area (Å²) in [5.74, 6) is 0.485. The smallest absolute Gasteiger partial charge is 0.128 e. The molecule has 2 aliphatic heterocycles. The summed E-state index contributed by atoms with van der Waals surface area (Å²) in [5.41, 5.74) is 7.72. The van der Waals surface area contributed by atoms with Crippen LogP contribution >= 0.6 is 0 Å². The predicted octanol–water partition coefficient (Wildman–Crippen LogP) is 2.76. The molecule has 3 rings (SSSR count). The van der Waals surface area contributed by atoms with Crippen LogP contribution < -0.4 is 5.73 Å². The summed E-state index contributed by atoms with van der Waals surface area (Å²) in [6.07, 6.45) is 4.84. The highest BCUT2D eigenvalue weighted by Crippen LogP contribution is 2.34. The van der Waals surface area contributed by atoms with Crippen molar-refractivity contribution in [2.75, 3.05) is 33.2 Å². The molecule has 2 fully saturated rings.